The monoisotopic (exact) mass is 482 g/mol. The van der Waals surface area contributed by atoms with Crippen molar-refractivity contribution < 1.29 is 4.74 Å². The summed E-state index contributed by atoms with van der Waals surface area (Å²) in [5, 5.41) is 7.91. The van der Waals surface area contributed by atoms with Crippen LogP contribution < -0.4 is 21.3 Å². The maximum atomic E-state index is 5.79. The van der Waals surface area contributed by atoms with E-state index in [1.807, 2.05) is 30.6 Å². The molecule has 2 aliphatic rings. The number of hydrogen-bond donors (Lipinski definition) is 3. The Morgan fingerprint density at radius 3 is 2.78 bits per heavy atom. The van der Waals surface area contributed by atoms with Gasteiger partial charge in [0.1, 0.15) is 11.6 Å². The average molecular weight is 483 g/mol. The van der Waals surface area contributed by atoms with Crippen molar-refractivity contribution in [3.63, 3.8) is 0 Å². The number of nitrogens with one attached hydrogen (secondary N) is 2. The van der Waals surface area contributed by atoms with Gasteiger partial charge in [0, 0.05) is 60.9 Å². The lowest BCUT2D eigenvalue weighted by Gasteiger charge is -2.29. The van der Waals surface area contributed by atoms with Crippen molar-refractivity contribution in [2.24, 2.45) is 5.73 Å². The van der Waals surface area contributed by atoms with Crippen LogP contribution in [0.25, 0.3) is 22.3 Å². The molecule has 184 valence electrons. The summed E-state index contributed by atoms with van der Waals surface area (Å²) in [5.41, 5.74) is 10.9. The smallest absolute Gasteiger partial charge is 0.162 e. The van der Waals surface area contributed by atoms with E-state index < -0.39 is 0 Å². The molecular formula is C27H30N8O. The Labute approximate surface area is 210 Å². The third-order valence-corrected chi connectivity index (χ3v) is 6.60. The molecule has 1 aliphatic carbocycles. The molecule has 4 heterocycles. The predicted molar refractivity (Wildman–Crippen MR) is 143 cm³/mol. The molecule has 0 unspecified atom stereocenters. The van der Waals surface area contributed by atoms with Crippen molar-refractivity contribution in [1.82, 2.24) is 19.9 Å². The molecule has 0 amide bonds. The summed E-state index contributed by atoms with van der Waals surface area (Å²) in [6.07, 6.45) is 7.92. The Morgan fingerprint density at radius 2 is 1.94 bits per heavy atom. The molecular weight excluding hydrogens is 452 g/mol. The largest absolute Gasteiger partial charge is 0.378 e. The van der Waals surface area contributed by atoms with Gasteiger partial charge in [0.2, 0.25) is 0 Å². The van der Waals surface area contributed by atoms with Crippen molar-refractivity contribution in [3.05, 3.63) is 60.6 Å². The van der Waals surface area contributed by atoms with E-state index in [4.69, 9.17) is 20.4 Å². The molecule has 1 aliphatic heterocycles. The molecule has 0 radical (unpaired) electrons. The zero-order chi connectivity index (χ0) is 24.3. The molecule has 4 aromatic rings. The van der Waals surface area contributed by atoms with Crippen molar-refractivity contribution in [2.45, 2.75) is 18.8 Å². The summed E-state index contributed by atoms with van der Waals surface area (Å²) in [6, 6.07) is 12.3. The zero-order valence-corrected chi connectivity index (χ0v) is 20.2. The number of nitrogens with zero attached hydrogens (tertiary/aromatic N) is 5. The van der Waals surface area contributed by atoms with Crippen LogP contribution in [0.3, 0.4) is 0 Å². The lowest BCUT2D eigenvalue weighted by Crippen LogP contribution is -2.36. The normalized spacial score (nSPS) is 15.8. The second-order valence-corrected chi connectivity index (χ2v) is 9.21. The van der Waals surface area contributed by atoms with Gasteiger partial charge in [-0.2, -0.15) is 0 Å². The minimum atomic E-state index is 0.525. The van der Waals surface area contributed by atoms with E-state index in [0.717, 1.165) is 60.1 Å². The van der Waals surface area contributed by atoms with Gasteiger partial charge in [-0.15, -0.1) is 0 Å². The summed E-state index contributed by atoms with van der Waals surface area (Å²) in [7, 11) is 0. The van der Waals surface area contributed by atoms with Gasteiger partial charge < -0.3 is 26.0 Å². The van der Waals surface area contributed by atoms with Gasteiger partial charge in [0.25, 0.3) is 0 Å². The minimum absolute atomic E-state index is 0.525. The molecule has 0 spiro atoms. The van der Waals surface area contributed by atoms with Crippen LogP contribution in [0.2, 0.25) is 0 Å². The Kier molecular flexibility index (Phi) is 6.31. The highest BCUT2D eigenvalue weighted by atomic mass is 16.5. The number of pyridine rings is 2. The fourth-order valence-corrected chi connectivity index (χ4v) is 4.65. The standard InChI is InChI=1S/C27H30N8O/c28-7-9-31-27-25-22(18-4-5-18)16-29-17-23(25)33-26(34-27)19-6-8-30-24(14-19)32-20-2-1-3-21(15-20)35-10-12-36-13-11-35/h1-3,6,8,14-18H,4-5,7,9-13,28H2,(H,30,32)(H,31,33,34). The first-order chi connectivity index (χ1) is 17.8. The van der Waals surface area contributed by atoms with Gasteiger partial charge in [-0.25, -0.2) is 15.0 Å². The molecule has 9 nitrogen and oxygen atoms in total. The van der Waals surface area contributed by atoms with E-state index in [2.05, 4.69) is 43.7 Å². The molecule has 9 heteroatoms. The van der Waals surface area contributed by atoms with Crippen molar-refractivity contribution in [1.29, 1.82) is 0 Å². The number of aromatic nitrogens is 4. The molecule has 0 atom stereocenters. The second-order valence-electron chi connectivity index (χ2n) is 9.21. The SMILES string of the molecule is NCCNc1nc(-c2ccnc(Nc3cccc(N4CCOCC4)c3)c2)nc2cncc(C3CC3)c12. The number of rotatable bonds is 8. The van der Waals surface area contributed by atoms with E-state index in [9.17, 15) is 0 Å². The fraction of sp³-hybridized carbons (Fsp3) is 0.333. The number of anilines is 4. The maximum Gasteiger partial charge on any atom is 0.162 e. The highest BCUT2D eigenvalue weighted by Gasteiger charge is 2.27. The zero-order valence-electron chi connectivity index (χ0n) is 20.2. The van der Waals surface area contributed by atoms with Gasteiger partial charge in [0.05, 0.1) is 24.9 Å². The number of benzene rings is 1. The van der Waals surface area contributed by atoms with Crippen molar-refractivity contribution >= 4 is 33.9 Å². The highest BCUT2D eigenvalue weighted by molar-refractivity contribution is 5.93. The van der Waals surface area contributed by atoms with E-state index in [0.29, 0.717) is 24.8 Å². The first kappa shape index (κ1) is 22.6. The van der Waals surface area contributed by atoms with Crippen LogP contribution in [-0.2, 0) is 4.74 Å². The Hall–Kier alpha value is -3.82. The number of nitrogens with two attached hydrogens (primary N) is 1. The summed E-state index contributed by atoms with van der Waals surface area (Å²) < 4.78 is 5.49. The number of hydrogen-bond acceptors (Lipinski definition) is 9. The van der Waals surface area contributed by atoms with Crippen LogP contribution in [-0.4, -0.2) is 59.3 Å². The van der Waals surface area contributed by atoms with Crippen molar-refractivity contribution in [3.8, 4) is 11.4 Å². The summed E-state index contributed by atoms with van der Waals surface area (Å²) in [6.45, 7) is 4.47. The molecule has 1 aromatic carbocycles. The molecule has 6 rings (SSSR count). The lowest BCUT2D eigenvalue weighted by molar-refractivity contribution is 0.122. The topological polar surface area (TPSA) is 114 Å². The van der Waals surface area contributed by atoms with Crippen molar-refractivity contribution in [2.75, 3.05) is 54.9 Å². The van der Waals surface area contributed by atoms with E-state index >= 15 is 0 Å². The lowest BCUT2D eigenvalue weighted by atomic mass is 10.1. The molecule has 4 N–H and O–H groups in total. The number of fused-ring (bicyclic) bond motifs is 1. The van der Waals surface area contributed by atoms with Crippen LogP contribution in [0.1, 0.15) is 24.3 Å². The third-order valence-electron chi connectivity index (χ3n) is 6.60. The molecule has 36 heavy (non-hydrogen) atoms. The van der Waals surface area contributed by atoms with Crippen LogP contribution in [0.15, 0.2) is 55.0 Å². The van der Waals surface area contributed by atoms with Gasteiger partial charge in [-0.05, 0) is 54.7 Å². The van der Waals surface area contributed by atoms with E-state index in [-0.39, 0.29) is 0 Å². The van der Waals surface area contributed by atoms with Crippen LogP contribution in [0.5, 0.6) is 0 Å². The van der Waals surface area contributed by atoms with Gasteiger partial charge in [-0.1, -0.05) is 6.07 Å². The van der Waals surface area contributed by atoms with Crippen LogP contribution >= 0.6 is 0 Å². The number of ether oxygens (including phenoxy) is 1. The predicted octanol–water partition coefficient (Wildman–Crippen LogP) is 3.92. The van der Waals surface area contributed by atoms with E-state index in [1.54, 1.807) is 6.20 Å². The molecule has 2 fully saturated rings. The second kappa shape index (κ2) is 10.0. The summed E-state index contributed by atoms with van der Waals surface area (Å²) in [5.74, 6) is 2.72. The molecule has 3 aromatic heterocycles. The molecule has 1 saturated heterocycles. The van der Waals surface area contributed by atoms with E-state index in [1.165, 1.54) is 24.1 Å². The minimum Gasteiger partial charge on any atom is -0.378 e. The summed E-state index contributed by atoms with van der Waals surface area (Å²) in [4.78, 5) is 21.2. The Bertz CT molecular complexity index is 1370. The molecule has 0 bridgehead atoms. The van der Waals surface area contributed by atoms with Crippen LogP contribution in [0.4, 0.5) is 23.0 Å². The first-order valence-corrected chi connectivity index (χ1v) is 12.5. The van der Waals surface area contributed by atoms with Gasteiger partial charge in [0.15, 0.2) is 5.82 Å². The number of morpholine rings is 1. The average Bonchev–Trinajstić information content (AvgIpc) is 3.78. The quantitative estimate of drug-likeness (QED) is 0.344. The molecule has 1 saturated carbocycles. The van der Waals surface area contributed by atoms with Gasteiger partial charge >= 0.3 is 0 Å². The Balaban J connectivity index is 1.31. The Morgan fingerprint density at radius 1 is 1.06 bits per heavy atom. The third kappa shape index (κ3) is 4.80. The summed E-state index contributed by atoms with van der Waals surface area (Å²) >= 11 is 0. The highest BCUT2D eigenvalue weighted by Crippen LogP contribution is 2.44. The first-order valence-electron chi connectivity index (χ1n) is 12.5. The maximum absolute atomic E-state index is 5.79. The fourth-order valence-electron chi connectivity index (χ4n) is 4.65. The van der Waals surface area contributed by atoms with Gasteiger partial charge in [-0.3, -0.25) is 4.98 Å². The van der Waals surface area contributed by atoms with Crippen LogP contribution in [0, 0.1) is 0 Å².